The third-order valence-corrected chi connectivity index (χ3v) is 5.88. The molecule has 1 fully saturated rings. The molecule has 0 radical (unpaired) electrons. The standard InChI is InChI=1S/C15H18ClFN2O4S/c1-10(20)19(12-5-7-24(22,23)9-12)6-4-15(21)18-11-2-3-14(17)13(16)8-11/h2-3,8,12H,4-7,9H2,1H3,(H,18,21). The second-order valence-corrected chi connectivity index (χ2v) is 8.33. The van der Waals surface area contributed by atoms with E-state index in [0.717, 1.165) is 6.07 Å². The topological polar surface area (TPSA) is 83.6 Å². The lowest BCUT2D eigenvalue weighted by Crippen LogP contribution is -2.41. The fraction of sp³-hybridized carbons (Fsp3) is 0.467. The minimum Gasteiger partial charge on any atom is -0.338 e. The lowest BCUT2D eigenvalue weighted by Gasteiger charge is -2.26. The molecule has 2 amide bonds. The van der Waals surface area contributed by atoms with E-state index in [9.17, 15) is 22.4 Å². The Morgan fingerprint density at radius 3 is 2.67 bits per heavy atom. The Morgan fingerprint density at radius 2 is 2.12 bits per heavy atom. The largest absolute Gasteiger partial charge is 0.338 e. The molecule has 1 aliphatic rings. The van der Waals surface area contributed by atoms with Crippen LogP contribution in [-0.4, -0.2) is 49.2 Å². The number of benzene rings is 1. The maximum Gasteiger partial charge on any atom is 0.226 e. The first kappa shape index (κ1) is 18.7. The van der Waals surface area contributed by atoms with Crippen molar-refractivity contribution in [3.05, 3.63) is 29.0 Å². The molecule has 6 nitrogen and oxygen atoms in total. The van der Waals surface area contributed by atoms with Crippen LogP contribution in [0.5, 0.6) is 0 Å². The van der Waals surface area contributed by atoms with E-state index in [1.165, 1.54) is 24.0 Å². The highest BCUT2D eigenvalue weighted by Crippen LogP contribution is 2.20. The van der Waals surface area contributed by atoms with Crippen molar-refractivity contribution in [3.63, 3.8) is 0 Å². The smallest absolute Gasteiger partial charge is 0.226 e. The van der Waals surface area contributed by atoms with Crippen LogP contribution in [0.15, 0.2) is 18.2 Å². The Hall–Kier alpha value is -1.67. The summed E-state index contributed by atoms with van der Waals surface area (Å²) in [6.45, 7) is 1.47. The van der Waals surface area contributed by atoms with Crippen LogP contribution in [0, 0.1) is 5.82 Å². The molecule has 1 saturated heterocycles. The molecule has 132 valence electrons. The maximum absolute atomic E-state index is 13.1. The van der Waals surface area contributed by atoms with Gasteiger partial charge in [0.1, 0.15) is 5.82 Å². The first-order valence-corrected chi connectivity index (χ1v) is 9.60. The van der Waals surface area contributed by atoms with E-state index in [1.54, 1.807) is 0 Å². The van der Waals surface area contributed by atoms with Crippen LogP contribution in [0.25, 0.3) is 0 Å². The van der Waals surface area contributed by atoms with Crippen molar-refractivity contribution < 1.29 is 22.4 Å². The molecule has 1 aliphatic heterocycles. The maximum atomic E-state index is 13.1. The SMILES string of the molecule is CC(=O)N(CCC(=O)Nc1ccc(F)c(Cl)c1)C1CCS(=O)(=O)C1. The average molecular weight is 377 g/mol. The van der Waals surface area contributed by atoms with Gasteiger partial charge in [0, 0.05) is 31.6 Å². The number of rotatable bonds is 5. The number of nitrogens with zero attached hydrogens (tertiary/aromatic N) is 1. The monoisotopic (exact) mass is 376 g/mol. The summed E-state index contributed by atoms with van der Waals surface area (Å²) in [6, 6.07) is 3.43. The molecule has 0 aliphatic carbocycles. The van der Waals surface area contributed by atoms with Gasteiger partial charge in [-0.3, -0.25) is 9.59 Å². The Balaban J connectivity index is 1.93. The number of hydrogen-bond donors (Lipinski definition) is 1. The van der Waals surface area contributed by atoms with E-state index in [2.05, 4.69) is 5.32 Å². The minimum atomic E-state index is -3.11. The third-order valence-electron chi connectivity index (χ3n) is 3.84. The Labute approximate surface area is 144 Å². The number of carbonyl (C=O) groups is 2. The van der Waals surface area contributed by atoms with Crippen LogP contribution in [0.3, 0.4) is 0 Å². The number of anilines is 1. The molecule has 1 aromatic carbocycles. The average Bonchev–Trinajstić information content (AvgIpc) is 2.83. The Kier molecular flexibility index (Phi) is 5.82. The number of amides is 2. The predicted octanol–water partition coefficient (Wildman–Crippen LogP) is 1.84. The lowest BCUT2D eigenvalue weighted by atomic mass is 10.2. The number of carbonyl (C=O) groups excluding carboxylic acids is 2. The third kappa shape index (κ3) is 4.91. The first-order chi connectivity index (χ1) is 11.2. The van der Waals surface area contributed by atoms with Gasteiger partial charge in [-0.25, -0.2) is 12.8 Å². The van der Waals surface area contributed by atoms with Crippen LogP contribution < -0.4 is 5.32 Å². The van der Waals surface area contributed by atoms with Crippen LogP contribution in [0.4, 0.5) is 10.1 Å². The second-order valence-electron chi connectivity index (χ2n) is 5.70. The van der Waals surface area contributed by atoms with Crippen molar-refractivity contribution in [2.45, 2.75) is 25.8 Å². The second kappa shape index (κ2) is 7.48. The Bertz CT molecular complexity index is 754. The molecule has 0 bridgehead atoms. The van der Waals surface area contributed by atoms with E-state index >= 15 is 0 Å². The van der Waals surface area contributed by atoms with Crippen molar-refractivity contribution in [1.29, 1.82) is 0 Å². The zero-order valence-electron chi connectivity index (χ0n) is 13.1. The van der Waals surface area contributed by atoms with Crippen LogP contribution in [-0.2, 0) is 19.4 Å². The Morgan fingerprint density at radius 1 is 1.42 bits per heavy atom. The number of halogens is 2. The van der Waals surface area contributed by atoms with Gasteiger partial charge in [-0.1, -0.05) is 11.6 Å². The molecule has 2 rings (SSSR count). The summed E-state index contributed by atoms with van der Waals surface area (Å²) in [5, 5.41) is 2.46. The van der Waals surface area contributed by atoms with Gasteiger partial charge in [0.25, 0.3) is 0 Å². The highest BCUT2D eigenvalue weighted by Gasteiger charge is 2.33. The summed E-state index contributed by atoms with van der Waals surface area (Å²) in [5.74, 6) is -1.23. The van der Waals surface area contributed by atoms with Gasteiger partial charge < -0.3 is 10.2 Å². The number of hydrogen-bond acceptors (Lipinski definition) is 4. The lowest BCUT2D eigenvalue weighted by molar-refractivity contribution is -0.131. The van der Waals surface area contributed by atoms with Gasteiger partial charge in [0.15, 0.2) is 9.84 Å². The summed E-state index contributed by atoms with van der Waals surface area (Å²) in [7, 11) is -3.11. The number of nitrogens with one attached hydrogen (secondary N) is 1. The van der Waals surface area contributed by atoms with Crippen LogP contribution >= 0.6 is 11.6 Å². The van der Waals surface area contributed by atoms with Gasteiger partial charge in [-0.15, -0.1) is 0 Å². The fourth-order valence-electron chi connectivity index (χ4n) is 2.64. The molecule has 1 unspecified atom stereocenters. The summed E-state index contributed by atoms with van der Waals surface area (Å²) >= 11 is 5.64. The van der Waals surface area contributed by atoms with Crippen molar-refractivity contribution in [2.75, 3.05) is 23.4 Å². The van der Waals surface area contributed by atoms with Gasteiger partial charge >= 0.3 is 0 Å². The van der Waals surface area contributed by atoms with Crippen LogP contribution in [0.2, 0.25) is 5.02 Å². The number of sulfone groups is 1. The van der Waals surface area contributed by atoms with Gasteiger partial charge in [-0.2, -0.15) is 0 Å². The zero-order valence-corrected chi connectivity index (χ0v) is 14.7. The van der Waals surface area contributed by atoms with E-state index in [-0.39, 0.29) is 47.4 Å². The molecule has 1 heterocycles. The van der Waals surface area contributed by atoms with Crippen molar-refractivity contribution >= 4 is 38.9 Å². The molecule has 0 spiro atoms. The molecular formula is C15H18ClFN2O4S. The summed E-state index contributed by atoms with van der Waals surface area (Å²) in [5.41, 5.74) is 0.351. The molecule has 1 N–H and O–H groups in total. The molecule has 1 atom stereocenters. The molecule has 0 saturated carbocycles. The molecule has 1 aromatic rings. The van der Waals surface area contributed by atoms with Crippen molar-refractivity contribution in [1.82, 2.24) is 4.90 Å². The predicted molar refractivity (Wildman–Crippen MR) is 89.1 cm³/mol. The molecule has 9 heteroatoms. The summed E-state index contributed by atoms with van der Waals surface area (Å²) in [6.07, 6.45) is 0.391. The minimum absolute atomic E-state index is 0.00508. The summed E-state index contributed by atoms with van der Waals surface area (Å²) in [4.78, 5) is 25.1. The van der Waals surface area contributed by atoms with Gasteiger partial charge in [0.2, 0.25) is 11.8 Å². The van der Waals surface area contributed by atoms with E-state index in [4.69, 9.17) is 11.6 Å². The van der Waals surface area contributed by atoms with Crippen molar-refractivity contribution in [3.8, 4) is 0 Å². The van der Waals surface area contributed by atoms with E-state index < -0.39 is 15.7 Å². The van der Waals surface area contributed by atoms with E-state index in [0.29, 0.717) is 12.1 Å². The quantitative estimate of drug-likeness (QED) is 0.850. The van der Waals surface area contributed by atoms with Crippen LogP contribution in [0.1, 0.15) is 19.8 Å². The van der Waals surface area contributed by atoms with Crippen molar-refractivity contribution in [2.24, 2.45) is 0 Å². The van der Waals surface area contributed by atoms with E-state index in [1.807, 2.05) is 0 Å². The fourth-order valence-corrected chi connectivity index (χ4v) is 4.55. The normalized spacial score (nSPS) is 19.0. The molecule has 24 heavy (non-hydrogen) atoms. The summed E-state index contributed by atoms with van der Waals surface area (Å²) < 4.78 is 36.2. The highest BCUT2D eigenvalue weighted by atomic mass is 35.5. The van der Waals surface area contributed by atoms with Gasteiger partial charge in [-0.05, 0) is 24.6 Å². The zero-order chi connectivity index (χ0) is 17.9. The molecular weight excluding hydrogens is 359 g/mol. The first-order valence-electron chi connectivity index (χ1n) is 7.40. The molecule has 0 aromatic heterocycles. The van der Waals surface area contributed by atoms with Gasteiger partial charge in [0.05, 0.1) is 16.5 Å². The highest BCUT2D eigenvalue weighted by molar-refractivity contribution is 7.91.